The topological polar surface area (TPSA) is 64.7 Å². The van der Waals surface area contributed by atoms with Crippen LogP contribution in [0.1, 0.15) is 11.6 Å². The highest BCUT2D eigenvalue weighted by atomic mass is 35.5. The van der Waals surface area contributed by atoms with Gasteiger partial charge in [0.15, 0.2) is 0 Å². The van der Waals surface area contributed by atoms with Crippen molar-refractivity contribution >= 4 is 29.1 Å². The Morgan fingerprint density at radius 1 is 1.03 bits per heavy atom. The standard InChI is InChI=1S/C21H23ClF2N4O2/c1-27-8-10-28(11-9-27)19(14-2-4-15(23)5-3-14)13-25-20(29)21(30)26-16-6-7-18(24)17(22)12-16/h2-7,12,19H,8-11,13H2,1H3,(H,25,29)(H,26,30)/t19-/m0/s1. The third-order valence-electron chi connectivity index (χ3n) is 5.07. The minimum atomic E-state index is -0.881. The van der Waals surface area contributed by atoms with Crippen LogP contribution in [0.4, 0.5) is 14.5 Å². The predicted octanol–water partition coefficient (Wildman–Crippen LogP) is 2.66. The zero-order valence-electron chi connectivity index (χ0n) is 16.5. The number of rotatable bonds is 5. The van der Waals surface area contributed by atoms with Gasteiger partial charge in [0.2, 0.25) is 0 Å². The number of carbonyl (C=O) groups is 2. The van der Waals surface area contributed by atoms with Crippen molar-refractivity contribution in [2.75, 3.05) is 45.1 Å². The van der Waals surface area contributed by atoms with Gasteiger partial charge in [-0.25, -0.2) is 8.78 Å². The highest BCUT2D eigenvalue weighted by molar-refractivity contribution is 6.39. The van der Waals surface area contributed by atoms with Gasteiger partial charge in [0, 0.05) is 38.4 Å². The van der Waals surface area contributed by atoms with Crippen LogP contribution in [0.5, 0.6) is 0 Å². The van der Waals surface area contributed by atoms with Crippen LogP contribution in [-0.2, 0) is 9.59 Å². The van der Waals surface area contributed by atoms with E-state index >= 15 is 0 Å². The van der Waals surface area contributed by atoms with Crippen molar-refractivity contribution < 1.29 is 18.4 Å². The van der Waals surface area contributed by atoms with Crippen molar-refractivity contribution in [3.63, 3.8) is 0 Å². The Labute approximate surface area is 178 Å². The van der Waals surface area contributed by atoms with E-state index in [1.807, 2.05) is 7.05 Å². The van der Waals surface area contributed by atoms with E-state index in [1.165, 1.54) is 24.3 Å². The van der Waals surface area contributed by atoms with Crippen molar-refractivity contribution in [2.45, 2.75) is 6.04 Å². The van der Waals surface area contributed by atoms with Crippen LogP contribution in [0.3, 0.4) is 0 Å². The molecule has 2 amide bonds. The maximum Gasteiger partial charge on any atom is 0.313 e. The van der Waals surface area contributed by atoms with E-state index in [4.69, 9.17) is 11.6 Å². The molecular formula is C21H23ClF2N4O2. The molecule has 1 saturated heterocycles. The summed E-state index contributed by atoms with van der Waals surface area (Å²) in [4.78, 5) is 28.9. The Kier molecular flexibility index (Phi) is 7.36. The molecule has 160 valence electrons. The highest BCUT2D eigenvalue weighted by Gasteiger charge is 2.25. The van der Waals surface area contributed by atoms with E-state index in [0.717, 1.165) is 37.8 Å². The summed E-state index contributed by atoms with van der Waals surface area (Å²) < 4.78 is 26.6. The minimum Gasteiger partial charge on any atom is -0.346 e. The highest BCUT2D eigenvalue weighted by Crippen LogP contribution is 2.22. The zero-order chi connectivity index (χ0) is 21.7. The number of nitrogens with one attached hydrogen (secondary N) is 2. The Bertz CT molecular complexity index is 902. The van der Waals surface area contributed by atoms with E-state index in [1.54, 1.807) is 12.1 Å². The maximum absolute atomic E-state index is 13.3. The minimum absolute atomic E-state index is 0.153. The first kappa shape index (κ1) is 22.1. The molecule has 2 N–H and O–H groups in total. The molecule has 2 aromatic rings. The van der Waals surface area contributed by atoms with Crippen LogP contribution in [0.2, 0.25) is 5.02 Å². The average molecular weight is 437 g/mol. The summed E-state index contributed by atoms with van der Waals surface area (Å²) in [5.74, 6) is -2.66. The fourth-order valence-electron chi connectivity index (χ4n) is 3.31. The number of hydrogen-bond acceptors (Lipinski definition) is 4. The van der Waals surface area contributed by atoms with Crippen LogP contribution in [0, 0.1) is 11.6 Å². The quantitative estimate of drug-likeness (QED) is 0.707. The molecular weight excluding hydrogens is 414 g/mol. The van der Waals surface area contributed by atoms with Gasteiger partial charge >= 0.3 is 11.8 Å². The molecule has 1 aliphatic heterocycles. The number of benzene rings is 2. The van der Waals surface area contributed by atoms with Crippen LogP contribution in [0.15, 0.2) is 42.5 Å². The maximum atomic E-state index is 13.3. The number of hydrogen-bond donors (Lipinski definition) is 2. The van der Waals surface area contributed by atoms with Gasteiger partial charge in [0.1, 0.15) is 11.6 Å². The van der Waals surface area contributed by atoms with E-state index in [0.29, 0.717) is 0 Å². The van der Waals surface area contributed by atoms with Crippen molar-refractivity contribution in [1.29, 1.82) is 0 Å². The lowest BCUT2D eigenvalue weighted by molar-refractivity contribution is -0.136. The summed E-state index contributed by atoms with van der Waals surface area (Å²) in [5.41, 5.74) is 1.07. The summed E-state index contributed by atoms with van der Waals surface area (Å²) >= 11 is 5.69. The second kappa shape index (κ2) is 9.97. The smallest absolute Gasteiger partial charge is 0.313 e. The second-order valence-electron chi connectivity index (χ2n) is 7.20. The normalized spacial score (nSPS) is 16.1. The number of amides is 2. The largest absolute Gasteiger partial charge is 0.346 e. The molecule has 9 heteroatoms. The van der Waals surface area contributed by atoms with Crippen molar-refractivity contribution in [3.05, 3.63) is 64.7 Å². The number of likely N-dealkylation sites (N-methyl/N-ethyl adjacent to an activating group) is 1. The van der Waals surface area contributed by atoms with Crippen LogP contribution in [-0.4, -0.2) is 61.4 Å². The van der Waals surface area contributed by atoms with Crippen molar-refractivity contribution in [3.8, 4) is 0 Å². The average Bonchev–Trinajstić information content (AvgIpc) is 2.73. The molecule has 3 rings (SSSR count). The van der Waals surface area contributed by atoms with Gasteiger partial charge in [-0.05, 0) is 42.9 Å². The van der Waals surface area contributed by atoms with Gasteiger partial charge in [-0.1, -0.05) is 23.7 Å². The van der Waals surface area contributed by atoms with Gasteiger partial charge in [-0.15, -0.1) is 0 Å². The molecule has 0 saturated carbocycles. The third-order valence-corrected chi connectivity index (χ3v) is 5.36. The van der Waals surface area contributed by atoms with Gasteiger partial charge in [-0.3, -0.25) is 14.5 Å². The van der Waals surface area contributed by atoms with E-state index in [2.05, 4.69) is 20.4 Å². The first-order valence-electron chi connectivity index (χ1n) is 9.56. The lowest BCUT2D eigenvalue weighted by atomic mass is 10.0. The lowest BCUT2D eigenvalue weighted by Crippen LogP contribution is -2.49. The molecule has 0 spiro atoms. The van der Waals surface area contributed by atoms with Gasteiger partial charge in [-0.2, -0.15) is 0 Å². The molecule has 1 fully saturated rings. The molecule has 1 atom stereocenters. The molecule has 6 nitrogen and oxygen atoms in total. The Morgan fingerprint density at radius 2 is 1.70 bits per heavy atom. The molecule has 0 radical (unpaired) electrons. The molecule has 0 unspecified atom stereocenters. The molecule has 1 heterocycles. The fourth-order valence-corrected chi connectivity index (χ4v) is 3.49. The SMILES string of the molecule is CN1CCN([C@@H](CNC(=O)C(=O)Nc2ccc(F)c(Cl)c2)c2ccc(F)cc2)CC1. The first-order valence-corrected chi connectivity index (χ1v) is 9.93. The lowest BCUT2D eigenvalue weighted by Gasteiger charge is -2.38. The third kappa shape index (κ3) is 5.75. The van der Waals surface area contributed by atoms with Crippen LogP contribution >= 0.6 is 11.6 Å². The fraction of sp³-hybridized carbons (Fsp3) is 0.333. The summed E-state index contributed by atoms with van der Waals surface area (Å²) in [6.45, 7) is 3.50. The predicted molar refractivity (Wildman–Crippen MR) is 111 cm³/mol. The molecule has 0 aliphatic carbocycles. The van der Waals surface area contributed by atoms with E-state index in [-0.39, 0.29) is 29.1 Å². The van der Waals surface area contributed by atoms with Crippen LogP contribution in [0.25, 0.3) is 0 Å². The van der Waals surface area contributed by atoms with Crippen LogP contribution < -0.4 is 10.6 Å². The monoisotopic (exact) mass is 436 g/mol. The molecule has 0 bridgehead atoms. The Hall–Kier alpha value is -2.55. The first-order chi connectivity index (χ1) is 14.3. The van der Waals surface area contributed by atoms with Crippen molar-refractivity contribution in [1.82, 2.24) is 15.1 Å². The number of anilines is 1. The number of piperazine rings is 1. The summed E-state index contributed by atoms with van der Waals surface area (Å²) in [6, 6.07) is 9.59. The molecule has 1 aliphatic rings. The summed E-state index contributed by atoms with van der Waals surface area (Å²) in [5, 5.41) is 4.88. The summed E-state index contributed by atoms with van der Waals surface area (Å²) in [6.07, 6.45) is 0. The van der Waals surface area contributed by atoms with E-state index in [9.17, 15) is 18.4 Å². The van der Waals surface area contributed by atoms with Gasteiger partial charge in [0.05, 0.1) is 11.1 Å². The number of nitrogens with zero attached hydrogens (tertiary/aromatic N) is 2. The van der Waals surface area contributed by atoms with E-state index < -0.39 is 17.6 Å². The molecule has 0 aromatic heterocycles. The second-order valence-corrected chi connectivity index (χ2v) is 7.61. The zero-order valence-corrected chi connectivity index (χ0v) is 17.3. The van der Waals surface area contributed by atoms with Gasteiger partial charge < -0.3 is 15.5 Å². The Balaban J connectivity index is 1.65. The number of halogens is 3. The summed E-state index contributed by atoms with van der Waals surface area (Å²) in [7, 11) is 2.04. The number of carbonyl (C=O) groups excluding carboxylic acids is 2. The molecule has 30 heavy (non-hydrogen) atoms. The van der Waals surface area contributed by atoms with Crippen molar-refractivity contribution in [2.24, 2.45) is 0 Å². The molecule has 2 aromatic carbocycles. The Morgan fingerprint density at radius 3 is 2.33 bits per heavy atom. The van der Waals surface area contributed by atoms with Gasteiger partial charge in [0.25, 0.3) is 0 Å².